The number of nitrogens with one attached hydrogen (secondary N) is 2. The second-order valence-electron chi connectivity index (χ2n) is 2.21. The molecule has 4 N–H and O–H groups in total. The molecule has 0 aromatic carbocycles. The van der Waals surface area contributed by atoms with Gasteiger partial charge in [-0.1, -0.05) is 5.92 Å². The highest BCUT2D eigenvalue weighted by molar-refractivity contribution is 5.83. The van der Waals surface area contributed by atoms with E-state index in [1.807, 2.05) is 0 Å². The molecule has 0 aliphatic heterocycles. The lowest BCUT2D eigenvalue weighted by Gasteiger charge is -2.10. The zero-order chi connectivity index (χ0) is 10.3. The summed E-state index contributed by atoms with van der Waals surface area (Å²) in [5.74, 6) is 0.200. The van der Waals surface area contributed by atoms with E-state index in [9.17, 15) is 9.59 Å². The van der Waals surface area contributed by atoms with Crippen molar-refractivity contribution in [3.05, 3.63) is 0 Å². The Hall–Kier alpha value is -1.58. The van der Waals surface area contributed by atoms with Gasteiger partial charge in [-0.15, -0.1) is 6.42 Å². The average molecular weight is 186 g/mol. The number of carbonyl (C=O) groups is 2. The fraction of sp³-hybridized carbons (Fsp3) is 0.429. The summed E-state index contributed by atoms with van der Waals surface area (Å²) in [5.41, 5.74) is 1.33. The highest BCUT2D eigenvalue weighted by atomic mass is 16.5. The molecule has 0 rings (SSSR count). The summed E-state index contributed by atoms with van der Waals surface area (Å²) >= 11 is 0. The fourth-order valence-electron chi connectivity index (χ4n) is 0.660. The molecule has 0 spiro atoms. The lowest BCUT2D eigenvalue weighted by Crippen LogP contribution is -2.40. The van der Waals surface area contributed by atoms with E-state index in [-0.39, 0.29) is 13.0 Å². The fourth-order valence-corrected chi connectivity index (χ4v) is 0.660. The summed E-state index contributed by atoms with van der Waals surface area (Å²) in [6.45, 7) is 0.0513. The van der Waals surface area contributed by atoms with Crippen LogP contribution < -0.4 is 10.8 Å². The molecular weight excluding hydrogens is 176 g/mol. The molecule has 6 heteroatoms. The summed E-state index contributed by atoms with van der Waals surface area (Å²) in [4.78, 5) is 21.0. The Labute approximate surface area is 74.9 Å². The second kappa shape index (κ2) is 5.99. The molecule has 0 aromatic heterocycles. The minimum absolute atomic E-state index is 0.0513. The number of carbonyl (C=O) groups excluding carboxylic acids is 1. The van der Waals surface area contributed by atoms with Gasteiger partial charge in [0, 0.05) is 0 Å². The van der Waals surface area contributed by atoms with Crippen molar-refractivity contribution in [2.24, 2.45) is 0 Å². The van der Waals surface area contributed by atoms with E-state index < -0.39 is 17.9 Å². The van der Waals surface area contributed by atoms with E-state index in [0.29, 0.717) is 0 Å². The maximum Gasteiger partial charge on any atom is 0.321 e. The van der Waals surface area contributed by atoms with Gasteiger partial charge in [-0.2, -0.15) is 0 Å². The summed E-state index contributed by atoms with van der Waals surface area (Å²) in [5, 5.41) is 19.1. The van der Waals surface area contributed by atoms with Crippen LogP contribution in [0.4, 0.5) is 0 Å². The van der Waals surface area contributed by atoms with Crippen LogP contribution in [-0.4, -0.2) is 34.8 Å². The van der Waals surface area contributed by atoms with Crippen molar-refractivity contribution >= 4 is 11.9 Å². The molecule has 1 unspecified atom stereocenters. The van der Waals surface area contributed by atoms with Crippen molar-refractivity contribution in [1.82, 2.24) is 10.8 Å². The Balaban J connectivity index is 4.03. The molecular formula is C7H10N2O4. The van der Waals surface area contributed by atoms with Gasteiger partial charge in [0.1, 0.15) is 6.04 Å². The quantitative estimate of drug-likeness (QED) is 0.239. The Morgan fingerprint density at radius 3 is 2.54 bits per heavy atom. The Morgan fingerprint density at radius 2 is 2.15 bits per heavy atom. The molecule has 0 saturated heterocycles. The van der Waals surface area contributed by atoms with E-state index in [1.165, 1.54) is 5.48 Å². The van der Waals surface area contributed by atoms with Crippen LogP contribution in [0.25, 0.3) is 0 Å². The van der Waals surface area contributed by atoms with Crippen molar-refractivity contribution in [1.29, 1.82) is 0 Å². The smallest absolute Gasteiger partial charge is 0.321 e. The van der Waals surface area contributed by atoms with Crippen molar-refractivity contribution in [3.63, 3.8) is 0 Å². The lowest BCUT2D eigenvalue weighted by atomic mass is 10.2. The Morgan fingerprint density at radius 1 is 1.54 bits per heavy atom. The topological polar surface area (TPSA) is 98.7 Å². The van der Waals surface area contributed by atoms with E-state index in [4.69, 9.17) is 16.7 Å². The lowest BCUT2D eigenvalue weighted by molar-refractivity contribution is -0.142. The van der Waals surface area contributed by atoms with Gasteiger partial charge >= 0.3 is 5.97 Å². The molecule has 0 heterocycles. The van der Waals surface area contributed by atoms with Crippen molar-refractivity contribution < 1.29 is 19.9 Å². The molecule has 0 aromatic rings. The number of carboxylic acids is 1. The van der Waals surface area contributed by atoms with Gasteiger partial charge in [-0.3, -0.25) is 20.1 Å². The van der Waals surface area contributed by atoms with Crippen LogP contribution >= 0.6 is 0 Å². The molecule has 72 valence electrons. The summed E-state index contributed by atoms with van der Waals surface area (Å²) in [6, 6.07) is -1.08. The number of amides is 1. The third-order valence-corrected chi connectivity index (χ3v) is 1.26. The number of terminal acetylenes is 1. The highest BCUT2D eigenvalue weighted by Crippen LogP contribution is 1.91. The van der Waals surface area contributed by atoms with Crippen LogP contribution in [0.1, 0.15) is 6.42 Å². The number of aliphatic carboxylic acids is 1. The van der Waals surface area contributed by atoms with Crippen LogP contribution in [0.3, 0.4) is 0 Å². The highest BCUT2D eigenvalue weighted by Gasteiger charge is 2.19. The third-order valence-electron chi connectivity index (χ3n) is 1.26. The van der Waals surface area contributed by atoms with Crippen LogP contribution in [0.2, 0.25) is 0 Å². The van der Waals surface area contributed by atoms with Crippen molar-refractivity contribution in [2.75, 3.05) is 6.54 Å². The van der Waals surface area contributed by atoms with Crippen molar-refractivity contribution in [2.45, 2.75) is 12.5 Å². The molecule has 6 nitrogen and oxygen atoms in total. The van der Waals surface area contributed by atoms with Crippen LogP contribution in [-0.2, 0) is 9.59 Å². The van der Waals surface area contributed by atoms with E-state index in [1.54, 1.807) is 0 Å². The molecule has 1 amide bonds. The normalized spacial score (nSPS) is 11.4. The standard InChI is InChI=1S/C7H10N2O4/c1-2-3-8-5(7(11)12)4-6(10)9-13/h1,5,8,13H,3-4H2,(H,9,10)(H,11,12). The predicted octanol–water partition coefficient (Wildman–Crippen LogP) is -1.44. The minimum atomic E-state index is -1.20. The van der Waals surface area contributed by atoms with E-state index in [2.05, 4.69) is 11.2 Å². The Bertz CT molecular complexity index is 233. The monoisotopic (exact) mass is 186 g/mol. The summed E-state index contributed by atoms with van der Waals surface area (Å²) < 4.78 is 0. The molecule has 0 saturated carbocycles. The molecule has 13 heavy (non-hydrogen) atoms. The first-order valence-corrected chi connectivity index (χ1v) is 3.44. The van der Waals surface area contributed by atoms with Crippen LogP contribution in [0.15, 0.2) is 0 Å². The number of rotatable bonds is 5. The zero-order valence-corrected chi connectivity index (χ0v) is 6.78. The third kappa shape index (κ3) is 4.79. The van der Waals surface area contributed by atoms with Gasteiger partial charge in [0.25, 0.3) is 0 Å². The van der Waals surface area contributed by atoms with Gasteiger partial charge < -0.3 is 5.11 Å². The van der Waals surface area contributed by atoms with Gasteiger partial charge in [-0.25, -0.2) is 5.48 Å². The molecule has 1 atom stereocenters. The second-order valence-corrected chi connectivity index (χ2v) is 2.21. The van der Waals surface area contributed by atoms with Gasteiger partial charge in [0.15, 0.2) is 0 Å². The van der Waals surface area contributed by atoms with Gasteiger partial charge in [-0.05, 0) is 0 Å². The van der Waals surface area contributed by atoms with Gasteiger partial charge in [0.2, 0.25) is 5.91 Å². The summed E-state index contributed by atoms with van der Waals surface area (Å²) in [6.07, 6.45) is 4.52. The Kier molecular flexibility index (Phi) is 5.27. The molecule has 0 radical (unpaired) electrons. The maximum atomic E-state index is 10.6. The first-order valence-electron chi connectivity index (χ1n) is 3.44. The largest absolute Gasteiger partial charge is 0.480 e. The van der Waals surface area contributed by atoms with Crippen LogP contribution in [0.5, 0.6) is 0 Å². The first kappa shape index (κ1) is 11.4. The first-order chi connectivity index (χ1) is 6.11. The number of hydroxylamine groups is 1. The van der Waals surface area contributed by atoms with Crippen molar-refractivity contribution in [3.8, 4) is 12.3 Å². The SMILES string of the molecule is C#CCNC(CC(=O)NO)C(=O)O. The number of hydrogen-bond donors (Lipinski definition) is 4. The van der Waals surface area contributed by atoms with E-state index >= 15 is 0 Å². The summed E-state index contributed by atoms with van der Waals surface area (Å²) in [7, 11) is 0. The predicted molar refractivity (Wildman–Crippen MR) is 42.8 cm³/mol. The maximum absolute atomic E-state index is 10.6. The van der Waals surface area contributed by atoms with E-state index in [0.717, 1.165) is 0 Å². The zero-order valence-electron chi connectivity index (χ0n) is 6.78. The molecule has 0 aliphatic carbocycles. The number of hydrogen-bond acceptors (Lipinski definition) is 4. The molecule has 0 aliphatic rings. The van der Waals surface area contributed by atoms with Crippen LogP contribution in [0, 0.1) is 12.3 Å². The molecule has 0 fully saturated rings. The van der Waals surface area contributed by atoms with Gasteiger partial charge in [0.05, 0.1) is 13.0 Å². The number of carboxylic acid groups (broad SMARTS) is 1. The average Bonchev–Trinajstić information content (AvgIpc) is 2.11. The minimum Gasteiger partial charge on any atom is -0.480 e. The molecule has 0 bridgehead atoms.